The maximum absolute atomic E-state index is 12.7. The molecule has 2 atom stereocenters. The monoisotopic (exact) mass is 376 g/mol. The Bertz CT molecular complexity index is 865. The summed E-state index contributed by atoms with van der Waals surface area (Å²) in [4.78, 5) is 0.314. The molecule has 0 aliphatic heterocycles. The van der Waals surface area contributed by atoms with Crippen molar-refractivity contribution in [2.24, 2.45) is 5.92 Å². The minimum absolute atomic E-state index is 0.314. The third kappa shape index (κ3) is 4.75. The molecule has 0 spiro atoms. The second-order valence-corrected chi connectivity index (χ2v) is 9.84. The highest BCUT2D eigenvalue weighted by atomic mass is 32.2. The second kappa shape index (κ2) is 7.18. The molecule has 3 rings (SSSR count). The highest BCUT2D eigenvalue weighted by molar-refractivity contribution is 7.89. The molecule has 0 amide bonds. The van der Waals surface area contributed by atoms with E-state index < -0.39 is 15.6 Å². The van der Waals surface area contributed by atoms with Crippen LogP contribution >= 0.6 is 0 Å². The topological polar surface area (TPSA) is 71.3 Å². The summed E-state index contributed by atoms with van der Waals surface area (Å²) in [6.07, 6.45) is 1.20. The van der Waals surface area contributed by atoms with E-state index in [4.69, 9.17) is 4.42 Å². The number of benzene rings is 1. The van der Waals surface area contributed by atoms with Gasteiger partial charge in [-0.3, -0.25) is 0 Å². The molecule has 26 heavy (non-hydrogen) atoms. The van der Waals surface area contributed by atoms with Gasteiger partial charge in [-0.15, -0.1) is 0 Å². The van der Waals surface area contributed by atoms with Crippen LogP contribution in [0.5, 0.6) is 0 Å². The van der Waals surface area contributed by atoms with E-state index in [0.717, 1.165) is 17.1 Å². The van der Waals surface area contributed by atoms with Crippen molar-refractivity contribution in [2.45, 2.75) is 63.6 Å². The average molecular weight is 377 g/mol. The first-order valence-electron chi connectivity index (χ1n) is 9.07. The average Bonchev–Trinajstić information content (AvgIpc) is 3.07. The van der Waals surface area contributed by atoms with Gasteiger partial charge in [0.1, 0.15) is 11.5 Å². The lowest BCUT2D eigenvalue weighted by Crippen LogP contribution is -2.40. The summed E-state index contributed by atoms with van der Waals surface area (Å²) in [6.45, 7) is 8.76. The van der Waals surface area contributed by atoms with Gasteiger partial charge < -0.3 is 9.73 Å². The fourth-order valence-corrected chi connectivity index (χ4v) is 4.76. The first-order valence-corrected chi connectivity index (χ1v) is 10.6. The summed E-state index contributed by atoms with van der Waals surface area (Å²) in [7, 11) is -3.56. The Morgan fingerprint density at radius 3 is 2.46 bits per heavy atom. The van der Waals surface area contributed by atoms with E-state index in [-0.39, 0.29) is 0 Å². The molecule has 0 saturated heterocycles. The zero-order chi connectivity index (χ0) is 18.9. The third-order valence-electron chi connectivity index (χ3n) is 4.47. The van der Waals surface area contributed by atoms with Crippen LogP contribution in [-0.4, -0.2) is 14.0 Å². The lowest BCUT2D eigenvalue weighted by atomic mass is 10.1. The smallest absolute Gasteiger partial charge is 0.241 e. The molecule has 142 valence electrons. The molecule has 1 saturated carbocycles. The molecule has 5 nitrogen and oxygen atoms in total. The normalized spacial score (nSPS) is 20.3. The zero-order valence-electron chi connectivity index (χ0n) is 15.9. The van der Waals surface area contributed by atoms with E-state index in [9.17, 15) is 8.42 Å². The molecule has 6 heteroatoms. The first-order chi connectivity index (χ1) is 12.2. The van der Waals surface area contributed by atoms with Crippen molar-refractivity contribution in [3.63, 3.8) is 0 Å². The van der Waals surface area contributed by atoms with Gasteiger partial charge in [0, 0.05) is 18.0 Å². The molecule has 1 aromatic carbocycles. The molecule has 2 aromatic rings. The standard InChI is InChI=1S/C20H28N2O3S/c1-14-11-17(14)18-10-9-16(25-18)13-21-12-15-7-5-6-8-19(15)26(23,24)22-20(2,3)4/h5-10,14,17,21-22H,11-13H2,1-4H3. The molecule has 1 fully saturated rings. The van der Waals surface area contributed by atoms with Gasteiger partial charge in [-0.25, -0.2) is 13.1 Å². The maximum atomic E-state index is 12.7. The molecule has 1 aliphatic carbocycles. The number of sulfonamides is 1. The molecule has 1 heterocycles. The lowest BCUT2D eigenvalue weighted by molar-refractivity contribution is 0.443. The van der Waals surface area contributed by atoms with Crippen LogP contribution < -0.4 is 10.0 Å². The summed E-state index contributed by atoms with van der Waals surface area (Å²) in [5.41, 5.74) is 0.219. The molecule has 1 aromatic heterocycles. The van der Waals surface area contributed by atoms with Crippen molar-refractivity contribution in [2.75, 3.05) is 0 Å². The molecule has 2 unspecified atom stereocenters. The van der Waals surface area contributed by atoms with Crippen LogP contribution in [0.15, 0.2) is 45.7 Å². The van der Waals surface area contributed by atoms with E-state index in [1.165, 1.54) is 6.42 Å². The van der Waals surface area contributed by atoms with Gasteiger partial charge in [0.05, 0.1) is 11.4 Å². The minimum atomic E-state index is -3.56. The molecule has 0 radical (unpaired) electrons. The minimum Gasteiger partial charge on any atom is -0.464 e. The Labute approximate surface area is 156 Å². The highest BCUT2D eigenvalue weighted by Crippen LogP contribution is 2.47. The largest absolute Gasteiger partial charge is 0.464 e. The number of hydrogen-bond acceptors (Lipinski definition) is 4. The van der Waals surface area contributed by atoms with E-state index in [1.54, 1.807) is 12.1 Å². The van der Waals surface area contributed by atoms with Gasteiger partial charge in [-0.1, -0.05) is 25.1 Å². The summed E-state index contributed by atoms with van der Waals surface area (Å²) < 4.78 is 33.9. The molecule has 1 aliphatic rings. The van der Waals surface area contributed by atoms with E-state index in [0.29, 0.717) is 29.8 Å². The SMILES string of the molecule is CC1CC1c1ccc(CNCc2ccccc2S(=O)(=O)NC(C)(C)C)o1. The van der Waals surface area contributed by atoms with Crippen molar-refractivity contribution in [3.8, 4) is 0 Å². The van der Waals surface area contributed by atoms with Gasteiger partial charge >= 0.3 is 0 Å². The summed E-state index contributed by atoms with van der Waals surface area (Å²) in [6, 6.07) is 11.1. The Kier molecular flexibility index (Phi) is 5.28. The number of furan rings is 1. The van der Waals surface area contributed by atoms with E-state index >= 15 is 0 Å². The number of rotatable bonds is 7. The van der Waals surface area contributed by atoms with Crippen LogP contribution in [0.3, 0.4) is 0 Å². The Morgan fingerprint density at radius 1 is 1.12 bits per heavy atom. The van der Waals surface area contributed by atoms with Crippen LogP contribution in [0.4, 0.5) is 0 Å². The molecule has 0 bridgehead atoms. The summed E-state index contributed by atoms with van der Waals surface area (Å²) in [5, 5.41) is 3.29. The van der Waals surface area contributed by atoms with E-state index in [2.05, 4.69) is 23.0 Å². The van der Waals surface area contributed by atoms with Crippen molar-refractivity contribution < 1.29 is 12.8 Å². The number of nitrogens with one attached hydrogen (secondary N) is 2. The number of hydrogen-bond donors (Lipinski definition) is 2. The van der Waals surface area contributed by atoms with Gasteiger partial charge in [0.2, 0.25) is 10.0 Å². The fourth-order valence-electron chi connectivity index (χ4n) is 3.10. The summed E-state index contributed by atoms with van der Waals surface area (Å²) >= 11 is 0. The summed E-state index contributed by atoms with van der Waals surface area (Å²) in [5.74, 6) is 3.23. The Balaban J connectivity index is 1.64. The van der Waals surface area contributed by atoms with Crippen molar-refractivity contribution in [1.29, 1.82) is 0 Å². The van der Waals surface area contributed by atoms with Crippen LogP contribution in [0.2, 0.25) is 0 Å². The first kappa shape index (κ1) is 19.1. The zero-order valence-corrected chi connectivity index (χ0v) is 16.7. The quantitative estimate of drug-likeness (QED) is 0.772. The van der Waals surface area contributed by atoms with E-state index in [1.807, 2.05) is 39.0 Å². The van der Waals surface area contributed by atoms with Crippen LogP contribution in [0, 0.1) is 5.92 Å². The fraction of sp³-hybridized carbons (Fsp3) is 0.500. The Morgan fingerprint density at radius 2 is 1.81 bits per heavy atom. The van der Waals surface area contributed by atoms with Gasteiger partial charge in [-0.2, -0.15) is 0 Å². The second-order valence-electron chi connectivity index (χ2n) is 8.19. The van der Waals surface area contributed by atoms with Gasteiger partial charge in [0.25, 0.3) is 0 Å². The molecular formula is C20H28N2O3S. The molecule has 2 N–H and O–H groups in total. The Hall–Kier alpha value is -1.63. The third-order valence-corrected chi connectivity index (χ3v) is 6.33. The van der Waals surface area contributed by atoms with Crippen molar-refractivity contribution in [3.05, 3.63) is 53.5 Å². The highest BCUT2D eigenvalue weighted by Gasteiger charge is 2.36. The molecular weight excluding hydrogens is 348 g/mol. The van der Waals surface area contributed by atoms with Gasteiger partial charge in [-0.05, 0) is 56.9 Å². The van der Waals surface area contributed by atoms with Crippen LogP contribution in [0.1, 0.15) is 57.1 Å². The van der Waals surface area contributed by atoms with Gasteiger partial charge in [0.15, 0.2) is 0 Å². The van der Waals surface area contributed by atoms with Crippen molar-refractivity contribution in [1.82, 2.24) is 10.0 Å². The lowest BCUT2D eigenvalue weighted by Gasteiger charge is -2.21. The predicted octanol–water partition coefficient (Wildman–Crippen LogP) is 3.77. The van der Waals surface area contributed by atoms with Crippen LogP contribution in [0.25, 0.3) is 0 Å². The predicted molar refractivity (Wildman–Crippen MR) is 102 cm³/mol. The van der Waals surface area contributed by atoms with Crippen molar-refractivity contribution >= 4 is 10.0 Å². The van der Waals surface area contributed by atoms with Crippen LogP contribution in [-0.2, 0) is 23.1 Å². The maximum Gasteiger partial charge on any atom is 0.241 e.